The van der Waals surface area contributed by atoms with Crippen molar-refractivity contribution in [3.05, 3.63) is 0 Å². The molecule has 0 aromatic carbocycles. The van der Waals surface area contributed by atoms with Gasteiger partial charge in [0.05, 0.1) is 0 Å². The maximum absolute atomic E-state index is 8.99. The van der Waals surface area contributed by atoms with Crippen LogP contribution in [0.5, 0.6) is 0 Å². The molecule has 2 aliphatic rings. The molecule has 0 amide bonds. The van der Waals surface area contributed by atoms with Gasteiger partial charge in [0.25, 0.3) is 0 Å². The van der Waals surface area contributed by atoms with Crippen molar-refractivity contribution in [2.45, 2.75) is 70.1 Å². The van der Waals surface area contributed by atoms with E-state index >= 15 is 0 Å². The van der Waals surface area contributed by atoms with Gasteiger partial charge in [-0.1, -0.05) is 6.92 Å². The summed E-state index contributed by atoms with van der Waals surface area (Å²) in [5, 5.41) is 12.7. The Hall–Kier alpha value is -0.120. The fraction of sp³-hybridized carbons (Fsp3) is 1.00. The Morgan fingerprint density at radius 3 is 2.75 bits per heavy atom. The van der Waals surface area contributed by atoms with Crippen molar-refractivity contribution < 1.29 is 5.11 Å². The molecule has 2 fully saturated rings. The van der Waals surface area contributed by atoms with Gasteiger partial charge in [-0.3, -0.25) is 4.90 Å². The minimum Gasteiger partial charge on any atom is -0.396 e. The minimum absolute atomic E-state index is 0.306. The first kappa shape index (κ1) is 12.3. The van der Waals surface area contributed by atoms with Crippen LogP contribution in [0.1, 0.15) is 46.0 Å². The van der Waals surface area contributed by atoms with E-state index in [-0.39, 0.29) is 0 Å². The first-order chi connectivity index (χ1) is 7.74. The van der Waals surface area contributed by atoms with Gasteiger partial charge in [-0.15, -0.1) is 0 Å². The summed E-state index contributed by atoms with van der Waals surface area (Å²) in [5.74, 6) is 0. The Morgan fingerprint density at radius 1 is 1.44 bits per heavy atom. The molecular formula is C13H26N2O. The molecule has 1 aliphatic heterocycles. The Labute approximate surface area is 99.2 Å². The number of hydrogen-bond donors (Lipinski definition) is 2. The number of aliphatic hydroxyl groups is 1. The van der Waals surface area contributed by atoms with Crippen molar-refractivity contribution >= 4 is 0 Å². The number of hydrogen-bond acceptors (Lipinski definition) is 3. The van der Waals surface area contributed by atoms with Crippen molar-refractivity contribution in [3.63, 3.8) is 0 Å². The average molecular weight is 226 g/mol. The largest absolute Gasteiger partial charge is 0.396 e. The fourth-order valence-corrected chi connectivity index (χ4v) is 2.99. The van der Waals surface area contributed by atoms with Gasteiger partial charge in [-0.2, -0.15) is 0 Å². The first-order valence-corrected chi connectivity index (χ1v) is 6.87. The van der Waals surface area contributed by atoms with Crippen LogP contribution in [-0.2, 0) is 0 Å². The number of rotatable bonds is 6. The first-order valence-electron chi connectivity index (χ1n) is 6.87. The second-order valence-electron chi connectivity index (χ2n) is 5.49. The Kier molecular flexibility index (Phi) is 4.22. The van der Waals surface area contributed by atoms with E-state index in [4.69, 9.17) is 5.11 Å². The summed E-state index contributed by atoms with van der Waals surface area (Å²) in [7, 11) is 0. The Bertz CT molecular complexity index is 218. The highest BCUT2D eigenvalue weighted by Crippen LogP contribution is 2.33. The molecule has 2 rings (SSSR count). The lowest BCUT2D eigenvalue weighted by Gasteiger charge is -2.22. The van der Waals surface area contributed by atoms with E-state index in [1.165, 1.54) is 25.8 Å². The third-order valence-electron chi connectivity index (χ3n) is 4.08. The Morgan fingerprint density at radius 2 is 2.19 bits per heavy atom. The predicted molar refractivity (Wildman–Crippen MR) is 66.5 cm³/mol. The van der Waals surface area contributed by atoms with E-state index < -0.39 is 0 Å². The summed E-state index contributed by atoms with van der Waals surface area (Å²) in [6.45, 7) is 6.07. The zero-order valence-corrected chi connectivity index (χ0v) is 10.7. The van der Waals surface area contributed by atoms with Crippen molar-refractivity contribution in [2.24, 2.45) is 0 Å². The molecule has 16 heavy (non-hydrogen) atoms. The molecule has 0 bridgehead atoms. The third kappa shape index (κ3) is 2.96. The molecule has 0 spiro atoms. The number of aliphatic hydroxyl groups excluding tert-OH is 1. The van der Waals surface area contributed by atoms with E-state index in [9.17, 15) is 0 Å². The van der Waals surface area contributed by atoms with Gasteiger partial charge in [0, 0.05) is 37.3 Å². The van der Waals surface area contributed by atoms with Crippen LogP contribution in [0.2, 0.25) is 0 Å². The molecular weight excluding hydrogens is 200 g/mol. The second-order valence-corrected chi connectivity index (χ2v) is 5.49. The molecule has 1 saturated carbocycles. The van der Waals surface area contributed by atoms with Crippen LogP contribution >= 0.6 is 0 Å². The molecule has 3 nitrogen and oxygen atoms in total. The smallest absolute Gasteiger partial charge is 0.0445 e. The van der Waals surface area contributed by atoms with E-state index in [1.54, 1.807) is 0 Å². The van der Waals surface area contributed by atoms with Crippen LogP contribution in [0.25, 0.3) is 0 Å². The van der Waals surface area contributed by atoms with Crippen LogP contribution in [0.3, 0.4) is 0 Å². The summed E-state index contributed by atoms with van der Waals surface area (Å²) in [4.78, 5) is 2.67. The molecule has 94 valence electrons. The van der Waals surface area contributed by atoms with E-state index in [2.05, 4.69) is 24.1 Å². The summed E-state index contributed by atoms with van der Waals surface area (Å²) in [5.41, 5.74) is 0. The standard InChI is InChI=1S/C13H26N2O/c1-3-11(6-7-16)14-12-8-10(2)15(9-12)13-4-5-13/h10-14,16H,3-9H2,1-2H3. The van der Waals surface area contributed by atoms with Crippen molar-refractivity contribution in [3.8, 4) is 0 Å². The zero-order chi connectivity index (χ0) is 11.5. The molecule has 1 aliphatic carbocycles. The van der Waals surface area contributed by atoms with Gasteiger partial charge in [0.15, 0.2) is 0 Å². The fourth-order valence-electron chi connectivity index (χ4n) is 2.99. The summed E-state index contributed by atoms with van der Waals surface area (Å²) < 4.78 is 0. The highest BCUT2D eigenvalue weighted by Gasteiger charge is 2.38. The molecule has 1 heterocycles. The highest BCUT2D eigenvalue weighted by molar-refractivity contribution is 4.96. The van der Waals surface area contributed by atoms with Crippen LogP contribution in [0.15, 0.2) is 0 Å². The average Bonchev–Trinajstić information content (AvgIpc) is 3.03. The maximum Gasteiger partial charge on any atom is 0.0445 e. The van der Waals surface area contributed by atoms with Gasteiger partial charge in [-0.05, 0) is 39.0 Å². The van der Waals surface area contributed by atoms with Crippen molar-refractivity contribution in [1.29, 1.82) is 0 Å². The molecule has 0 aromatic heterocycles. The summed E-state index contributed by atoms with van der Waals surface area (Å²) in [6.07, 6.45) is 6.11. The predicted octanol–water partition coefficient (Wildman–Crippen LogP) is 1.36. The second kappa shape index (κ2) is 5.48. The molecule has 0 radical (unpaired) electrons. The molecule has 3 unspecified atom stereocenters. The maximum atomic E-state index is 8.99. The van der Waals surface area contributed by atoms with Gasteiger partial charge >= 0.3 is 0 Å². The SMILES string of the molecule is CCC(CCO)NC1CC(C)N(C2CC2)C1. The van der Waals surface area contributed by atoms with E-state index in [0.29, 0.717) is 18.7 Å². The van der Waals surface area contributed by atoms with Crippen molar-refractivity contribution in [2.75, 3.05) is 13.2 Å². The lowest BCUT2D eigenvalue weighted by molar-refractivity contribution is 0.243. The van der Waals surface area contributed by atoms with Gasteiger partial charge in [-0.25, -0.2) is 0 Å². The normalized spacial score (nSPS) is 33.2. The number of nitrogens with one attached hydrogen (secondary N) is 1. The topological polar surface area (TPSA) is 35.5 Å². The molecule has 0 aromatic rings. The van der Waals surface area contributed by atoms with Crippen LogP contribution in [-0.4, -0.2) is 47.3 Å². The zero-order valence-electron chi connectivity index (χ0n) is 10.7. The van der Waals surface area contributed by atoms with Gasteiger partial charge < -0.3 is 10.4 Å². The van der Waals surface area contributed by atoms with Gasteiger partial charge in [0.1, 0.15) is 0 Å². The van der Waals surface area contributed by atoms with E-state index in [1.807, 2.05) is 0 Å². The highest BCUT2D eigenvalue weighted by atomic mass is 16.3. The monoisotopic (exact) mass is 226 g/mol. The number of nitrogens with zero attached hydrogens (tertiary/aromatic N) is 1. The van der Waals surface area contributed by atoms with Crippen molar-refractivity contribution in [1.82, 2.24) is 10.2 Å². The summed E-state index contributed by atoms with van der Waals surface area (Å²) in [6, 6.07) is 2.78. The van der Waals surface area contributed by atoms with Crippen LogP contribution in [0, 0.1) is 0 Å². The lowest BCUT2D eigenvalue weighted by Crippen LogP contribution is -2.40. The molecule has 3 atom stereocenters. The molecule has 1 saturated heterocycles. The third-order valence-corrected chi connectivity index (χ3v) is 4.08. The lowest BCUT2D eigenvalue weighted by atomic mass is 10.1. The minimum atomic E-state index is 0.306. The Balaban J connectivity index is 1.77. The summed E-state index contributed by atoms with van der Waals surface area (Å²) >= 11 is 0. The number of likely N-dealkylation sites (tertiary alicyclic amines) is 1. The molecule has 3 heteroatoms. The van der Waals surface area contributed by atoms with Crippen LogP contribution in [0.4, 0.5) is 0 Å². The van der Waals surface area contributed by atoms with Gasteiger partial charge in [0.2, 0.25) is 0 Å². The van der Waals surface area contributed by atoms with Crippen LogP contribution < -0.4 is 5.32 Å². The molecule has 2 N–H and O–H groups in total. The van der Waals surface area contributed by atoms with E-state index in [0.717, 1.165) is 24.9 Å². The quantitative estimate of drug-likeness (QED) is 0.718.